The van der Waals surface area contributed by atoms with Gasteiger partial charge < -0.3 is 19.9 Å². The number of ketones is 1. The Bertz CT molecular complexity index is 664. The number of fused-ring (bicyclic) bond motifs is 1. The third-order valence-corrected chi connectivity index (χ3v) is 3.72. The lowest BCUT2D eigenvalue weighted by molar-refractivity contribution is -0.126. The lowest BCUT2D eigenvalue weighted by Gasteiger charge is -2.32. The number of hydrogen-bond acceptors (Lipinski definition) is 5. The first-order valence-electron chi connectivity index (χ1n) is 7.26. The van der Waals surface area contributed by atoms with E-state index >= 15 is 0 Å². The maximum Gasteiger partial charge on any atom is 0.230 e. The van der Waals surface area contributed by atoms with Crippen molar-refractivity contribution in [2.24, 2.45) is 0 Å². The molecule has 0 radical (unpaired) electrons. The Kier molecular flexibility index (Phi) is 3.66. The highest BCUT2D eigenvalue weighted by Crippen LogP contribution is 2.31. The van der Waals surface area contributed by atoms with Crippen LogP contribution >= 0.6 is 0 Å². The lowest BCUT2D eigenvalue weighted by atomic mass is 9.87. The van der Waals surface area contributed by atoms with Crippen molar-refractivity contribution in [3.63, 3.8) is 0 Å². The van der Waals surface area contributed by atoms with E-state index < -0.39 is 11.9 Å². The molecule has 2 aliphatic carbocycles. The molecule has 0 bridgehead atoms. The van der Waals surface area contributed by atoms with E-state index in [2.05, 4.69) is 5.32 Å². The maximum atomic E-state index is 12.2. The average molecular weight is 301 g/mol. The first-order valence-corrected chi connectivity index (χ1v) is 7.26. The molecule has 2 N–H and O–H groups in total. The summed E-state index contributed by atoms with van der Waals surface area (Å²) in [5, 5.41) is 13.6. The number of carbonyl (C=O) groups is 1. The van der Waals surface area contributed by atoms with E-state index in [1.807, 2.05) is 38.2 Å². The van der Waals surface area contributed by atoms with Crippen LogP contribution in [-0.2, 0) is 14.3 Å². The third-order valence-electron chi connectivity index (χ3n) is 3.72. The van der Waals surface area contributed by atoms with Crippen LogP contribution in [0.3, 0.4) is 0 Å². The van der Waals surface area contributed by atoms with E-state index in [0.29, 0.717) is 5.57 Å². The van der Waals surface area contributed by atoms with E-state index in [-0.39, 0.29) is 17.9 Å². The van der Waals surface area contributed by atoms with Crippen LogP contribution in [0.1, 0.15) is 13.8 Å². The molecule has 2 unspecified atom stereocenters. The number of dihydropyridines is 1. The van der Waals surface area contributed by atoms with Gasteiger partial charge in [0.1, 0.15) is 11.9 Å². The van der Waals surface area contributed by atoms with Crippen LogP contribution in [0, 0.1) is 0 Å². The molecule has 2 atom stereocenters. The second-order valence-corrected chi connectivity index (χ2v) is 5.69. The number of carbonyl (C=O) groups excluding carboxylic acids is 1. The summed E-state index contributed by atoms with van der Waals surface area (Å²) in [7, 11) is 1.61. The molecule has 0 aromatic heterocycles. The molecule has 3 rings (SSSR count). The van der Waals surface area contributed by atoms with Crippen molar-refractivity contribution in [2.75, 3.05) is 7.11 Å². The van der Waals surface area contributed by atoms with Crippen LogP contribution in [0.4, 0.5) is 0 Å². The first kappa shape index (κ1) is 14.7. The fourth-order valence-electron chi connectivity index (χ4n) is 2.68. The molecule has 0 aromatic rings. The summed E-state index contributed by atoms with van der Waals surface area (Å²) in [5.41, 5.74) is 2.23. The zero-order valence-electron chi connectivity index (χ0n) is 12.8. The minimum Gasteiger partial charge on any atom is -0.497 e. The van der Waals surface area contributed by atoms with E-state index in [4.69, 9.17) is 9.47 Å². The minimum atomic E-state index is -1.21. The molecular formula is C17H19NO4. The molecule has 22 heavy (non-hydrogen) atoms. The van der Waals surface area contributed by atoms with Crippen molar-refractivity contribution >= 4 is 5.78 Å². The number of hydrogen-bond donors (Lipinski definition) is 2. The lowest BCUT2D eigenvalue weighted by Crippen LogP contribution is -2.39. The van der Waals surface area contributed by atoms with E-state index in [1.54, 1.807) is 13.2 Å². The Morgan fingerprint density at radius 3 is 2.73 bits per heavy atom. The molecule has 0 aromatic carbocycles. The molecule has 0 amide bonds. The minimum absolute atomic E-state index is 0.00500. The van der Waals surface area contributed by atoms with Crippen LogP contribution in [0.5, 0.6) is 0 Å². The Hall–Kier alpha value is -2.27. The van der Waals surface area contributed by atoms with Gasteiger partial charge in [-0.15, -0.1) is 0 Å². The summed E-state index contributed by atoms with van der Waals surface area (Å²) in [5.74, 6) is 0.523. The summed E-state index contributed by atoms with van der Waals surface area (Å²) < 4.78 is 10.7. The topological polar surface area (TPSA) is 67.8 Å². The Morgan fingerprint density at radius 2 is 2.05 bits per heavy atom. The van der Waals surface area contributed by atoms with Gasteiger partial charge >= 0.3 is 0 Å². The highest BCUT2D eigenvalue weighted by molar-refractivity contribution is 6.01. The molecule has 0 spiro atoms. The third kappa shape index (κ3) is 2.48. The Balaban J connectivity index is 1.98. The fraction of sp³-hybridized carbons (Fsp3) is 0.353. The van der Waals surface area contributed by atoms with Crippen molar-refractivity contribution in [2.45, 2.75) is 32.1 Å². The van der Waals surface area contributed by atoms with Crippen molar-refractivity contribution in [1.29, 1.82) is 0 Å². The fourth-order valence-corrected chi connectivity index (χ4v) is 2.68. The van der Waals surface area contributed by atoms with Gasteiger partial charge in [-0.25, -0.2) is 0 Å². The van der Waals surface area contributed by atoms with Gasteiger partial charge in [0.15, 0.2) is 5.76 Å². The SMILES string of the molecule is COC1=CC2=CC3=C(C=C(OC(C)C)C(=O)C3O)NC2C=C1. The van der Waals surface area contributed by atoms with Gasteiger partial charge in [-0.05, 0) is 37.6 Å². The van der Waals surface area contributed by atoms with Crippen LogP contribution < -0.4 is 5.32 Å². The van der Waals surface area contributed by atoms with E-state index in [9.17, 15) is 9.90 Å². The molecule has 1 heterocycles. The van der Waals surface area contributed by atoms with Gasteiger partial charge in [0.2, 0.25) is 5.78 Å². The van der Waals surface area contributed by atoms with Crippen molar-refractivity contribution in [3.05, 3.63) is 58.7 Å². The normalized spacial score (nSPS) is 26.6. The van der Waals surface area contributed by atoms with Crippen LogP contribution in [0.25, 0.3) is 0 Å². The Morgan fingerprint density at radius 1 is 1.27 bits per heavy atom. The zero-order valence-corrected chi connectivity index (χ0v) is 12.8. The quantitative estimate of drug-likeness (QED) is 0.826. The number of allylic oxidation sites excluding steroid dienone is 2. The van der Waals surface area contributed by atoms with E-state index in [1.165, 1.54) is 0 Å². The van der Waals surface area contributed by atoms with Crippen LogP contribution in [0.2, 0.25) is 0 Å². The summed E-state index contributed by atoms with van der Waals surface area (Å²) in [6, 6.07) is -0.00500. The smallest absolute Gasteiger partial charge is 0.230 e. The molecule has 1 aliphatic heterocycles. The monoisotopic (exact) mass is 301 g/mol. The highest BCUT2D eigenvalue weighted by Gasteiger charge is 2.34. The molecule has 116 valence electrons. The predicted octanol–water partition coefficient (Wildman–Crippen LogP) is 1.49. The molecule has 3 aliphatic rings. The van der Waals surface area contributed by atoms with E-state index in [0.717, 1.165) is 17.0 Å². The molecular weight excluding hydrogens is 282 g/mol. The number of nitrogens with one attached hydrogen (secondary N) is 1. The van der Waals surface area contributed by atoms with Gasteiger partial charge in [0.25, 0.3) is 0 Å². The van der Waals surface area contributed by atoms with Gasteiger partial charge in [-0.3, -0.25) is 4.79 Å². The van der Waals surface area contributed by atoms with Crippen molar-refractivity contribution < 1.29 is 19.4 Å². The summed E-state index contributed by atoms with van der Waals surface area (Å²) in [4.78, 5) is 12.2. The number of Topliss-reactive ketones (excluding diaryl/α,β-unsaturated/α-hetero) is 1. The predicted molar refractivity (Wildman–Crippen MR) is 81.6 cm³/mol. The second kappa shape index (κ2) is 5.50. The number of aliphatic hydroxyl groups excluding tert-OH is 1. The number of methoxy groups -OCH3 is 1. The first-order chi connectivity index (χ1) is 10.5. The largest absolute Gasteiger partial charge is 0.497 e. The standard InChI is InChI=1S/C17H19NO4/c1-9(2)22-15-8-14-12(16(19)17(15)20)7-10-6-11(21-3)4-5-13(10)18-14/h4-9,13,16,18-19H,1-3H3. The maximum absolute atomic E-state index is 12.2. The molecule has 5 nitrogen and oxygen atoms in total. The second-order valence-electron chi connectivity index (χ2n) is 5.69. The van der Waals surface area contributed by atoms with Gasteiger partial charge in [-0.1, -0.05) is 6.08 Å². The molecule has 0 fully saturated rings. The van der Waals surface area contributed by atoms with Crippen LogP contribution in [-0.4, -0.2) is 36.2 Å². The van der Waals surface area contributed by atoms with Gasteiger partial charge in [0, 0.05) is 17.3 Å². The van der Waals surface area contributed by atoms with Gasteiger partial charge in [0.05, 0.1) is 19.3 Å². The van der Waals surface area contributed by atoms with Crippen LogP contribution in [0.15, 0.2) is 58.7 Å². The molecule has 0 saturated heterocycles. The zero-order chi connectivity index (χ0) is 15.9. The molecule has 5 heteroatoms. The average Bonchev–Trinajstić information content (AvgIpc) is 2.50. The summed E-state index contributed by atoms with van der Waals surface area (Å²) in [6.45, 7) is 3.69. The van der Waals surface area contributed by atoms with Crippen molar-refractivity contribution in [1.82, 2.24) is 5.32 Å². The molecule has 0 saturated carbocycles. The summed E-state index contributed by atoms with van der Waals surface area (Å²) >= 11 is 0. The number of ether oxygens (including phenoxy) is 2. The van der Waals surface area contributed by atoms with Crippen molar-refractivity contribution in [3.8, 4) is 0 Å². The van der Waals surface area contributed by atoms with Gasteiger partial charge in [-0.2, -0.15) is 0 Å². The number of rotatable bonds is 3. The Labute approximate surface area is 129 Å². The number of aliphatic hydroxyl groups is 1. The summed E-state index contributed by atoms with van der Waals surface area (Å²) in [6.07, 6.45) is 7.93. The highest BCUT2D eigenvalue weighted by atomic mass is 16.5.